The van der Waals surface area contributed by atoms with Crippen molar-refractivity contribution in [1.82, 2.24) is 5.32 Å². The molecular weight excluding hydrogens is 232 g/mol. The number of carbonyl (C=O) groups is 1. The highest BCUT2D eigenvalue weighted by Gasteiger charge is 2.17. The molecule has 4 nitrogen and oxygen atoms in total. The Kier molecular flexibility index (Phi) is 4.84. The third-order valence-electron chi connectivity index (χ3n) is 2.14. The molecule has 94 valence electrons. The summed E-state index contributed by atoms with van der Waals surface area (Å²) in [6.45, 7) is -0.0335. The van der Waals surface area contributed by atoms with E-state index in [0.29, 0.717) is 0 Å². The van der Waals surface area contributed by atoms with E-state index in [4.69, 9.17) is 4.74 Å². The average molecular weight is 245 g/mol. The molecule has 0 aliphatic rings. The van der Waals surface area contributed by atoms with Gasteiger partial charge in [0, 0.05) is 6.07 Å². The normalized spacial score (nSPS) is 12.0. The number of esters is 1. The summed E-state index contributed by atoms with van der Waals surface area (Å²) < 4.78 is 35.1. The predicted molar refractivity (Wildman–Crippen MR) is 56.7 cm³/mol. The van der Waals surface area contributed by atoms with Crippen LogP contribution >= 0.6 is 0 Å². The van der Waals surface area contributed by atoms with Gasteiger partial charge < -0.3 is 14.8 Å². The van der Waals surface area contributed by atoms with Gasteiger partial charge >= 0.3 is 5.97 Å². The highest BCUT2D eigenvalue weighted by atomic mass is 19.2. The molecule has 17 heavy (non-hydrogen) atoms. The first-order chi connectivity index (χ1) is 8.08. The minimum atomic E-state index is -0.999. The van der Waals surface area contributed by atoms with Crippen LogP contribution in [0, 0.1) is 11.6 Å². The Hall–Kier alpha value is -1.69. The minimum absolute atomic E-state index is 0.0335. The van der Waals surface area contributed by atoms with Crippen LogP contribution in [0.5, 0.6) is 5.75 Å². The van der Waals surface area contributed by atoms with Crippen LogP contribution in [-0.4, -0.2) is 32.8 Å². The second-order valence-electron chi connectivity index (χ2n) is 3.25. The zero-order chi connectivity index (χ0) is 12.8. The third kappa shape index (κ3) is 3.67. The molecule has 1 aromatic rings. The lowest BCUT2D eigenvalue weighted by atomic mass is 10.3. The van der Waals surface area contributed by atoms with E-state index in [2.05, 4.69) is 10.1 Å². The standard InChI is InChI=1S/C11H13F2NO3/c1-14-10(11(15)16-2)6-17-7-3-4-8(12)9(13)5-7/h3-5,10,14H,6H2,1-2H3. The van der Waals surface area contributed by atoms with Crippen LogP contribution in [0.25, 0.3) is 0 Å². The van der Waals surface area contributed by atoms with E-state index < -0.39 is 23.6 Å². The lowest BCUT2D eigenvalue weighted by molar-refractivity contribution is -0.143. The van der Waals surface area contributed by atoms with Crippen molar-refractivity contribution in [3.8, 4) is 5.75 Å². The summed E-state index contributed by atoms with van der Waals surface area (Å²) in [7, 11) is 2.82. The Morgan fingerprint density at radius 2 is 2.12 bits per heavy atom. The Labute approximate surface area is 97.5 Å². The summed E-state index contributed by atoms with van der Waals surface area (Å²) in [5.74, 6) is -2.29. The molecular formula is C11H13F2NO3. The van der Waals surface area contributed by atoms with E-state index in [-0.39, 0.29) is 12.4 Å². The third-order valence-corrected chi connectivity index (χ3v) is 2.14. The first-order valence-electron chi connectivity index (χ1n) is 4.91. The number of carbonyl (C=O) groups excluding carboxylic acids is 1. The molecule has 6 heteroatoms. The summed E-state index contributed by atoms with van der Waals surface area (Å²) in [5, 5.41) is 2.68. The number of rotatable bonds is 5. The van der Waals surface area contributed by atoms with Crippen molar-refractivity contribution in [3.05, 3.63) is 29.8 Å². The first-order valence-corrected chi connectivity index (χ1v) is 4.91. The van der Waals surface area contributed by atoms with Gasteiger partial charge in [0.05, 0.1) is 7.11 Å². The van der Waals surface area contributed by atoms with E-state index in [1.165, 1.54) is 13.2 Å². The van der Waals surface area contributed by atoms with Gasteiger partial charge in [-0.2, -0.15) is 0 Å². The zero-order valence-corrected chi connectivity index (χ0v) is 9.50. The number of nitrogens with one attached hydrogen (secondary N) is 1. The molecule has 1 unspecified atom stereocenters. The number of halogens is 2. The van der Waals surface area contributed by atoms with Gasteiger partial charge in [0.15, 0.2) is 11.6 Å². The van der Waals surface area contributed by atoms with Crippen LogP contribution in [-0.2, 0) is 9.53 Å². The number of ether oxygens (including phenoxy) is 2. The lowest BCUT2D eigenvalue weighted by Crippen LogP contribution is -2.40. The monoisotopic (exact) mass is 245 g/mol. The number of hydrogen-bond acceptors (Lipinski definition) is 4. The van der Waals surface area contributed by atoms with Crippen molar-refractivity contribution in [3.63, 3.8) is 0 Å². The van der Waals surface area contributed by atoms with Crippen LogP contribution in [0.4, 0.5) is 8.78 Å². The zero-order valence-electron chi connectivity index (χ0n) is 9.50. The van der Waals surface area contributed by atoms with Crippen LogP contribution in [0.15, 0.2) is 18.2 Å². The van der Waals surface area contributed by atoms with E-state index in [1.54, 1.807) is 7.05 Å². The molecule has 0 saturated heterocycles. The topological polar surface area (TPSA) is 47.6 Å². The largest absolute Gasteiger partial charge is 0.491 e. The molecule has 0 aromatic heterocycles. The highest BCUT2D eigenvalue weighted by Crippen LogP contribution is 2.15. The second-order valence-corrected chi connectivity index (χ2v) is 3.25. The van der Waals surface area contributed by atoms with Gasteiger partial charge in [-0.1, -0.05) is 0 Å². The molecule has 1 atom stereocenters. The van der Waals surface area contributed by atoms with Crippen LogP contribution < -0.4 is 10.1 Å². The number of methoxy groups -OCH3 is 1. The van der Waals surface area contributed by atoms with Crippen molar-refractivity contribution in [2.24, 2.45) is 0 Å². The summed E-state index contributed by atoms with van der Waals surface area (Å²) in [6.07, 6.45) is 0. The SMILES string of the molecule is CNC(COc1ccc(F)c(F)c1)C(=O)OC. The van der Waals surface area contributed by atoms with Crippen LogP contribution in [0.1, 0.15) is 0 Å². The van der Waals surface area contributed by atoms with Crippen LogP contribution in [0.2, 0.25) is 0 Å². The van der Waals surface area contributed by atoms with E-state index in [9.17, 15) is 13.6 Å². The summed E-state index contributed by atoms with van der Waals surface area (Å²) >= 11 is 0. The van der Waals surface area contributed by atoms with Gasteiger partial charge in [0.2, 0.25) is 0 Å². The fourth-order valence-corrected chi connectivity index (χ4v) is 1.16. The average Bonchev–Trinajstić information content (AvgIpc) is 2.33. The molecule has 0 radical (unpaired) electrons. The van der Waals surface area contributed by atoms with Gasteiger partial charge in [-0.25, -0.2) is 8.78 Å². The van der Waals surface area contributed by atoms with Crippen molar-refractivity contribution in [2.45, 2.75) is 6.04 Å². The molecule has 0 amide bonds. The Bertz CT molecular complexity index is 398. The maximum absolute atomic E-state index is 12.8. The van der Waals surface area contributed by atoms with Gasteiger partial charge in [0.1, 0.15) is 18.4 Å². The molecule has 1 rings (SSSR count). The maximum Gasteiger partial charge on any atom is 0.326 e. The second kappa shape index (κ2) is 6.15. The smallest absolute Gasteiger partial charge is 0.326 e. The summed E-state index contributed by atoms with van der Waals surface area (Å²) in [4.78, 5) is 11.2. The Balaban J connectivity index is 2.59. The maximum atomic E-state index is 12.8. The molecule has 0 spiro atoms. The molecule has 1 N–H and O–H groups in total. The van der Waals surface area contributed by atoms with E-state index in [0.717, 1.165) is 12.1 Å². The van der Waals surface area contributed by atoms with E-state index in [1.807, 2.05) is 0 Å². The van der Waals surface area contributed by atoms with Crippen molar-refractivity contribution >= 4 is 5.97 Å². The van der Waals surface area contributed by atoms with Gasteiger partial charge in [-0.3, -0.25) is 4.79 Å². The molecule has 0 saturated carbocycles. The van der Waals surface area contributed by atoms with Gasteiger partial charge in [-0.15, -0.1) is 0 Å². The fraction of sp³-hybridized carbons (Fsp3) is 0.364. The van der Waals surface area contributed by atoms with Crippen molar-refractivity contribution in [1.29, 1.82) is 0 Å². The van der Waals surface area contributed by atoms with Crippen LogP contribution in [0.3, 0.4) is 0 Å². The van der Waals surface area contributed by atoms with Crippen molar-refractivity contribution < 1.29 is 23.0 Å². The lowest BCUT2D eigenvalue weighted by Gasteiger charge is -2.14. The molecule has 0 bridgehead atoms. The Morgan fingerprint density at radius 3 is 2.65 bits per heavy atom. The minimum Gasteiger partial charge on any atom is -0.491 e. The number of benzene rings is 1. The summed E-state index contributed by atoms with van der Waals surface area (Å²) in [6, 6.07) is 2.49. The highest BCUT2D eigenvalue weighted by molar-refractivity contribution is 5.75. The number of hydrogen-bond donors (Lipinski definition) is 1. The molecule has 0 heterocycles. The Morgan fingerprint density at radius 1 is 1.41 bits per heavy atom. The first kappa shape index (κ1) is 13.4. The number of likely N-dealkylation sites (N-methyl/N-ethyl adjacent to an activating group) is 1. The summed E-state index contributed by atoms with van der Waals surface area (Å²) in [5.41, 5.74) is 0. The molecule has 0 fully saturated rings. The van der Waals surface area contributed by atoms with Crippen molar-refractivity contribution in [2.75, 3.05) is 20.8 Å². The predicted octanol–water partition coefficient (Wildman–Crippen LogP) is 1.10. The molecule has 0 aliphatic heterocycles. The molecule has 1 aromatic carbocycles. The van der Waals surface area contributed by atoms with E-state index >= 15 is 0 Å². The quantitative estimate of drug-likeness (QED) is 0.789. The molecule has 0 aliphatic carbocycles. The fourth-order valence-electron chi connectivity index (χ4n) is 1.16. The van der Waals surface area contributed by atoms with Gasteiger partial charge in [-0.05, 0) is 19.2 Å². The van der Waals surface area contributed by atoms with Gasteiger partial charge in [0.25, 0.3) is 0 Å².